The van der Waals surface area contributed by atoms with Crippen molar-refractivity contribution in [1.29, 1.82) is 0 Å². The summed E-state index contributed by atoms with van der Waals surface area (Å²) in [6.07, 6.45) is 8.27. The smallest absolute Gasteiger partial charge is 0.306 e. The molecule has 2 amide bonds. The molecule has 2 rings (SSSR count). The van der Waals surface area contributed by atoms with Crippen molar-refractivity contribution in [2.45, 2.75) is 69.4 Å². The molecule has 0 aliphatic heterocycles. The number of rotatable bonds is 15. The quantitative estimate of drug-likeness (QED) is 0.270. The molecule has 3 N–H and O–H groups in total. The first-order valence-electron chi connectivity index (χ1n) is 12.0. The molecule has 7 nitrogen and oxygen atoms in total. The van der Waals surface area contributed by atoms with Gasteiger partial charge in [0.15, 0.2) is 0 Å². The molecule has 0 spiro atoms. The number of nitrogens with one attached hydrogen (secondary N) is 2. The molecule has 34 heavy (non-hydrogen) atoms. The summed E-state index contributed by atoms with van der Waals surface area (Å²) in [7, 11) is 0. The third-order valence-electron chi connectivity index (χ3n) is 6.19. The van der Waals surface area contributed by atoms with Crippen LogP contribution in [0.5, 0.6) is 0 Å². The summed E-state index contributed by atoms with van der Waals surface area (Å²) in [6.45, 7) is 7.27. The van der Waals surface area contributed by atoms with Crippen molar-refractivity contribution >= 4 is 17.8 Å². The standard InChI is InChI=1S/C27H38N2O5/c1-3-5-14-25(32)34-19-23(17-21-12-7-6-8-13-21)28-26(33)22(11-4-2)18-24(31)29-27(20-30)15-9-10-16-27/h3-4,6-8,12-13,22-23,30H,1-2,5,9-11,14-20H2,(H,28,33)(H,29,31)/t22-,23+/m1/s1. The van der Waals surface area contributed by atoms with Gasteiger partial charge in [-0.25, -0.2) is 0 Å². The van der Waals surface area contributed by atoms with E-state index >= 15 is 0 Å². The highest BCUT2D eigenvalue weighted by Crippen LogP contribution is 2.29. The zero-order valence-electron chi connectivity index (χ0n) is 20.0. The van der Waals surface area contributed by atoms with Crippen LogP contribution in [0.25, 0.3) is 0 Å². The Kier molecular flexibility index (Phi) is 11.5. The maximum Gasteiger partial charge on any atom is 0.306 e. The Morgan fingerprint density at radius 2 is 1.82 bits per heavy atom. The number of carbonyl (C=O) groups excluding carboxylic acids is 3. The summed E-state index contributed by atoms with van der Waals surface area (Å²) in [6, 6.07) is 9.20. The number of aliphatic hydroxyl groups is 1. The van der Waals surface area contributed by atoms with Gasteiger partial charge in [-0.2, -0.15) is 0 Å². The zero-order chi connectivity index (χ0) is 24.8. The molecular formula is C27H38N2O5. The highest BCUT2D eigenvalue weighted by Gasteiger charge is 2.35. The van der Waals surface area contributed by atoms with Gasteiger partial charge < -0.3 is 20.5 Å². The van der Waals surface area contributed by atoms with Gasteiger partial charge in [0, 0.05) is 12.8 Å². The first kappa shape index (κ1) is 27.3. The van der Waals surface area contributed by atoms with Crippen LogP contribution in [0.4, 0.5) is 0 Å². The maximum absolute atomic E-state index is 13.1. The van der Waals surface area contributed by atoms with E-state index in [4.69, 9.17) is 4.74 Å². The SMILES string of the molecule is C=CCCC(=O)OC[C@H](Cc1ccccc1)NC(=O)[C@H](CC=C)CC(=O)NC1(CO)CCCC1. The Morgan fingerprint density at radius 1 is 1.12 bits per heavy atom. The van der Waals surface area contributed by atoms with Gasteiger partial charge in [-0.15, -0.1) is 13.2 Å². The second kappa shape index (κ2) is 14.4. The molecule has 2 atom stereocenters. The molecule has 0 aromatic heterocycles. The largest absolute Gasteiger partial charge is 0.463 e. The Morgan fingerprint density at radius 3 is 2.44 bits per heavy atom. The topological polar surface area (TPSA) is 105 Å². The average Bonchev–Trinajstić information content (AvgIpc) is 3.30. The summed E-state index contributed by atoms with van der Waals surface area (Å²) in [5.41, 5.74) is 0.418. The molecule has 7 heteroatoms. The van der Waals surface area contributed by atoms with E-state index in [9.17, 15) is 19.5 Å². The monoisotopic (exact) mass is 470 g/mol. The molecule has 1 aromatic rings. The van der Waals surface area contributed by atoms with E-state index in [0.717, 1.165) is 31.2 Å². The van der Waals surface area contributed by atoms with Gasteiger partial charge in [0.05, 0.1) is 24.1 Å². The molecule has 1 saturated carbocycles. The normalized spacial score (nSPS) is 16.1. The fourth-order valence-electron chi connectivity index (χ4n) is 4.28. The van der Waals surface area contributed by atoms with Crippen LogP contribution in [0, 0.1) is 5.92 Å². The molecule has 1 aliphatic carbocycles. The molecule has 0 bridgehead atoms. The minimum Gasteiger partial charge on any atom is -0.463 e. The molecule has 0 saturated heterocycles. The maximum atomic E-state index is 13.1. The number of aliphatic hydroxyl groups excluding tert-OH is 1. The van der Waals surface area contributed by atoms with Gasteiger partial charge in [0.1, 0.15) is 6.61 Å². The van der Waals surface area contributed by atoms with Crippen molar-refractivity contribution in [3.05, 3.63) is 61.2 Å². The summed E-state index contributed by atoms with van der Waals surface area (Å²) >= 11 is 0. The Balaban J connectivity index is 2.02. The third kappa shape index (κ3) is 9.14. The first-order chi connectivity index (χ1) is 16.4. The minimum absolute atomic E-state index is 0.00319. The molecule has 1 aliphatic rings. The number of amides is 2. The van der Waals surface area contributed by atoms with Gasteiger partial charge in [-0.05, 0) is 37.7 Å². The predicted octanol–water partition coefficient (Wildman–Crippen LogP) is 3.23. The highest BCUT2D eigenvalue weighted by molar-refractivity contribution is 5.86. The van der Waals surface area contributed by atoms with Gasteiger partial charge in [-0.3, -0.25) is 14.4 Å². The van der Waals surface area contributed by atoms with E-state index in [2.05, 4.69) is 23.8 Å². The molecule has 186 valence electrons. The van der Waals surface area contributed by atoms with Crippen LogP contribution in [0.15, 0.2) is 55.6 Å². The van der Waals surface area contributed by atoms with Gasteiger partial charge in [0.25, 0.3) is 0 Å². The average molecular weight is 471 g/mol. The lowest BCUT2D eigenvalue weighted by Crippen LogP contribution is -2.50. The second-order valence-corrected chi connectivity index (χ2v) is 9.02. The van der Waals surface area contributed by atoms with Gasteiger partial charge in [0.2, 0.25) is 11.8 Å². The van der Waals surface area contributed by atoms with E-state index in [1.165, 1.54) is 0 Å². The minimum atomic E-state index is -0.607. The fourth-order valence-corrected chi connectivity index (χ4v) is 4.28. The molecule has 0 unspecified atom stereocenters. The van der Waals surface area contributed by atoms with Crippen molar-refractivity contribution in [2.75, 3.05) is 13.2 Å². The van der Waals surface area contributed by atoms with Crippen molar-refractivity contribution in [2.24, 2.45) is 5.92 Å². The second-order valence-electron chi connectivity index (χ2n) is 9.02. The van der Waals surface area contributed by atoms with Crippen molar-refractivity contribution in [3.8, 4) is 0 Å². The summed E-state index contributed by atoms with van der Waals surface area (Å²) in [5, 5.41) is 15.7. The number of benzene rings is 1. The number of allylic oxidation sites excluding steroid dienone is 2. The molecule has 1 aromatic carbocycles. The lowest BCUT2D eigenvalue weighted by molar-refractivity contribution is -0.145. The number of ether oxygens (including phenoxy) is 1. The molecule has 0 radical (unpaired) electrons. The predicted molar refractivity (Wildman–Crippen MR) is 132 cm³/mol. The van der Waals surface area contributed by atoms with Crippen LogP contribution in [0.1, 0.15) is 56.9 Å². The molecule has 1 fully saturated rings. The highest BCUT2D eigenvalue weighted by atomic mass is 16.5. The Bertz CT molecular complexity index is 818. The number of hydrogen-bond donors (Lipinski definition) is 3. The van der Waals surface area contributed by atoms with Crippen LogP contribution in [-0.4, -0.2) is 47.7 Å². The van der Waals surface area contributed by atoms with Crippen molar-refractivity contribution in [3.63, 3.8) is 0 Å². The Hall–Kier alpha value is -2.93. The summed E-state index contributed by atoms with van der Waals surface area (Å²) in [4.78, 5) is 37.8. The van der Waals surface area contributed by atoms with Crippen LogP contribution in [-0.2, 0) is 25.5 Å². The lowest BCUT2D eigenvalue weighted by atomic mass is 9.95. The van der Waals surface area contributed by atoms with E-state index < -0.39 is 17.5 Å². The van der Waals surface area contributed by atoms with Crippen LogP contribution in [0.3, 0.4) is 0 Å². The number of hydrogen-bond acceptors (Lipinski definition) is 5. The van der Waals surface area contributed by atoms with Crippen LogP contribution in [0.2, 0.25) is 0 Å². The zero-order valence-corrected chi connectivity index (χ0v) is 20.0. The van der Waals surface area contributed by atoms with E-state index in [1.54, 1.807) is 12.2 Å². The number of esters is 1. The van der Waals surface area contributed by atoms with Crippen LogP contribution < -0.4 is 10.6 Å². The third-order valence-corrected chi connectivity index (χ3v) is 6.19. The van der Waals surface area contributed by atoms with Crippen LogP contribution >= 0.6 is 0 Å². The van der Waals surface area contributed by atoms with Crippen molar-refractivity contribution < 1.29 is 24.2 Å². The first-order valence-corrected chi connectivity index (χ1v) is 12.0. The van der Waals surface area contributed by atoms with E-state index in [1.807, 2.05) is 30.3 Å². The van der Waals surface area contributed by atoms with Crippen molar-refractivity contribution in [1.82, 2.24) is 10.6 Å². The molecular weight excluding hydrogens is 432 g/mol. The van der Waals surface area contributed by atoms with Gasteiger partial charge in [-0.1, -0.05) is 55.3 Å². The lowest BCUT2D eigenvalue weighted by Gasteiger charge is -2.29. The summed E-state index contributed by atoms with van der Waals surface area (Å²) in [5.74, 6) is -1.50. The Labute approximate surface area is 202 Å². The van der Waals surface area contributed by atoms with E-state index in [0.29, 0.717) is 19.3 Å². The molecule has 0 heterocycles. The summed E-state index contributed by atoms with van der Waals surface area (Å²) < 4.78 is 5.39. The number of carbonyl (C=O) groups is 3. The van der Waals surface area contributed by atoms with Gasteiger partial charge >= 0.3 is 5.97 Å². The fraction of sp³-hybridized carbons (Fsp3) is 0.519. The van der Waals surface area contributed by atoms with E-state index in [-0.39, 0.29) is 43.8 Å².